The number of carbonyl (C=O) groups excluding carboxylic acids is 1. The largest absolute Gasteiger partial charge is 0.479 e. The Labute approximate surface area is 103 Å². The average molecular weight is 258 g/mol. The van der Waals surface area contributed by atoms with Gasteiger partial charge in [-0.3, -0.25) is 4.79 Å². The van der Waals surface area contributed by atoms with Crippen molar-refractivity contribution >= 4 is 29.2 Å². The predicted octanol–water partition coefficient (Wildman–Crippen LogP) is 1.77. The van der Waals surface area contributed by atoms with Crippen LogP contribution in [0.15, 0.2) is 24.3 Å². The van der Waals surface area contributed by atoms with E-state index in [2.05, 4.69) is 5.32 Å². The van der Waals surface area contributed by atoms with Crippen molar-refractivity contribution in [2.24, 2.45) is 0 Å². The van der Waals surface area contributed by atoms with E-state index in [1.165, 1.54) is 6.92 Å². The number of hydrogen-bond acceptors (Lipinski definition) is 3. The van der Waals surface area contributed by atoms with E-state index in [4.69, 9.17) is 21.4 Å². The van der Waals surface area contributed by atoms with Crippen LogP contribution >= 0.6 is 11.6 Å². The molecular formula is C11H12ClNO4. The number of benzene rings is 1. The van der Waals surface area contributed by atoms with Crippen LogP contribution in [0.25, 0.3) is 0 Å². The van der Waals surface area contributed by atoms with Gasteiger partial charge in [0.15, 0.2) is 6.10 Å². The predicted molar refractivity (Wildman–Crippen MR) is 63.1 cm³/mol. The normalized spacial score (nSPS) is 11.9. The molecule has 2 N–H and O–H groups in total. The number of carboxylic acids is 1. The molecule has 0 aliphatic carbocycles. The number of para-hydroxylation sites is 1. The summed E-state index contributed by atoms with van der Waals surface area (Å²) in [5.41, 5.74) is 0.464. The number of carbonyl (C=O) groups is 2. The third kappa shape index (κ3) is 4.42. The van der Waals surface area contributed by atoms with Gasteiger partial charge < -0.3 is 15.2 Å². The van der Waals surface area contributed by atoms with Crippen molar-refractivity contribution < 1.29 is 19.4 Å². The van der Waals surface area contributed by atoms with Crippen LogP contribution in [-0.4, -0.2) is 29.7 Å². The van der Waals surface area contributed by atoms with Gasteiger partial charge in [-0.25, -0.2) is 4.79 Å². The summed E-state index contributed by atoms with van der Waals surface area (Å²) in [7, 11) is 0. The molecule has 1 atom stereocenters. The Morgan fingerprint density at radius 1 is 1.47 bits per heavy atom. The van der Waals surface area contributed by atoms with Crippen molar-refractivity contribution in [2.45, 2.75) is 13.0 Å². The first-order valence-corrected chi connectivity index (χ1v) is 5.27. The Kier molecular flexibility index (Phi) is 4.93. The van der Waals surface area contributed by atoms with Crippen LogP contribution in [0.1, 0.15) is 6.92 Å². The zero-order valence-electron chi connectivity index (χ0n) is 9.14. The van der Waals surface area contributed by atoms with E-state index >= 15 is 0 Å². The third-order valence-electron chi connectivity index (χ3n) is 1.96. The minimum atomic E-state index is -1.12. The van der Waals surface area contributed by atoms with E-state index in [0.717, 1.165) is 0 Å². The third-order valence-corrected chi connectivity index (χ3v) is 2.29. The van der Waals surface area contributed by atoms with Crippen LogP contribution in [0.4, 0.5) is 5.69 Å². The van der Waals surface area contributed by atoms with Crippen LogP contribution in [0, 0.1) is 0 Å². The molecule has 5 nitrogen and oxygen atoms in total. The Morgan fingerprint density at radius 2 is 2.12 bits per heavy atom. The van der Waals surface area contributed by atoms with E-state index in [0.29, 0.717) is 10.7 Å². The monoisotopic (exact) mass is 257 g/mol. The highest BCUT2D eigenvalue weighted by Crippen LogP contribution is 2.20. The zero-order valence-corrected chi connectivity index (χ0v) is 9.90. The van der Waals surface area contributed by atoms with Gasteiger partial charge in [-0.15, -0.1) is 0 Å². The molecule has 1 aromatic carbocycles. The molecule has 0 unspecified atom stereocenters. The molecule has 17 heavy (non-hydrogen) atoms. The maximum atomic E-state index is 11.4. The van der Waals surface area contributed by atoms with Crippen molar-refractivity contribution in [1.29, 1.82) is 0 Å². The summed E-state index contributed by atoms with van der Waals surface area (Å²) < 4.78 is 4.82. The lowest BCUT2D eigenvalue weighted by atomic mass is 10.3. The Bertz CT molecular complexity index is 422. The van der Waals surface area contributed by atoms with Crippen molar-refractivity contribution in [3.8, 4) is 0 Å². The van der Waals surface area contributed by atoms with Crippen LogP contribution < -0.4 is 5.32 Å². The van der Waals surface area contributed by atoms with E-state index in [1.807, 2.05) is 0 Å². The minimum absolute atomic E-state index is 0.335. The zero-order chi connectivity index (χ0) is 12.8. The van der Waals surface area contributed by atoms with E-state index < -0.39 is 18.0 Å². The molecule has 92 valence electrons. The Morgan fingerprint density at radius 3 is 2.71 bits per heavy atom. The number of nitrogens with one attached hydrogen (secondary N) is 1. The molecule has 1 rings (SSSR count). The van der Waals surface area contributed by atoms with Crippen LogP contribution in [0.2, 0.25) is 5.02 Å². The van der Waals surface area contributed by atoms with Crippen LogP contribution in [0.3, 0.4) is 0 Å². The molecule has 0 aromatic heterocycles. The topological polar surface area (TPSA) is 75.6 Å². The van der Waals surface area contributed by atoms with Gasteiger partial charge in [-0.05, 0) is 19.1 Å². The van der Waals surface area contributed by atoms with Crippen molar-refractivity contribution in [2.75, 3.05) is 11.9 Å². The number of halogens is 1. The van der Waals surface area contributed by atoms with E-state index in [-0.39, 0.29) is 6.61 Å². The number of carboxylic acid groups (broad SMARTS) is 1. The summed E-state index contributed by atoms with van der Waals surface area (Å²) in [6.07, 6.45) is -1.02. The number of ether oxygens (including phenoxy) is 1. The number of amides is 1. The molecule has 0 aliphatic rings. The quantitative estimate of drug-likeness (QED) is 0.843. The second-order valence-corrected chi connectivity index (χ2v) is 3.73. The summed E-state index contributed by atoms with van der Waals surface area (Å²) in [4.78, 5) is 21.9. The van der Waals surface area contributed by atoms with Gasteiger partial charge in [-0.1, -0.05) is 23.7 Å². The molecule has 6 heteroatoms. The molecule has 0 saturated carbocycles. The number of rotatable bonds is 5. The van der Waals surface area contributed by atoms with Gasteiger partial charge >= 0.3 is 5.97 Å². The molecule has 1 amide bonds. The highest BCUT2D eigenvalue weighted by atomic mass is 35.5. The highest BCUT2D eigenvalue weighted by molar-refractivity contribution is 6.33. The van der Waals surface area contributed by atoms with E-state index in [9.17, 15) is 9.59 Å². The first-order chi connectivity index (χ1) is 8.00. The molecule has 0 radical (unpaired) electrons. The van der Waals surface area contributed by atoms with Gasteiger partial charge in [0.25, 0.3) is 0 Å². The summed E-state index contributed by atoms with van der Waals surface area (Å²) in [5, 5.41) is 11.5. The fourth-order valence-corrected chi connectivity index (χ4v) is 1.20. The standard InChI is InChI=1S/C11H12ClNO4/c1-7(11(15)16)17-6-10(14)13-9-5-3-2-4-8(9)12/h2-5,7H,6H2,1H3,(H,13,14)(H,15,16)/t7-/m0/s1. The van der Waals surface area contributed by atoms with Crippen molar-refractivity contribution in [1.82, 2.24) is 0 Å². The molecule has 0 aliphatic heterocycles. The van der Waals surface area contributed by atoms with Crippen LogP contribution in [0.5, 0.6) is 0 Å². The second kappa shape index (κ2) is 6.22. The molecule has 1 aromatic rings. The van der Waals surface area contributed by atoms with Crippen molar-refractivity contribution in [3.63, 3.8) is 0 Å². The number of aliphatic carboxylic acids is 1. The highest BCUT2D eigenvalue weighted by Gasteiger charge is 2.13. The second-order valence-electron chi connectivity index (χ2n) is 3.32. The number of anilines is 1. The van der Waals surface area contributed by atoms with Gasteiger partial charge in [0, 0.05) is 0 Å². The van der Waals surface area contributed by atoms with Gasteiger partial charge in [0.05, 0.1) is 10.7 Å². The molecular weight excluding hydrogens is 246 g/mol. The SMILES string of the molecule is C[C@H](OCC(=O)Nc1ccccc1Cl)C(=O)O. The lowest BCUT2D eigenvalue weighted by Gasteiger charge is -2.09. The van der Waals surface area contributed by atoms with Gasteiger partial charge in [-0.2, -0.15) is 0 Å². The molecule has 0 fully saturated rings. The lowest BCUT2D eigenvalue weighted by molar-refractivity contribution is -0.150. The smallest absolute Gasteiger partial charge is 0.332 e. The lowest BCUT2D eigenvalue weighted by Crippen LogP contribution is -2.26. The summed E-state index contributed by atoms with van der Waals surface area (Å²) in [6, 6.07) is 6.74. The number of hydrogen-bond donors (Lipinski definition) is 2. The van der Waals surface area contributed by atoms with Crippen LogP contribution in [-0.2, 0) is 14.3 Å². The minimum Gasteiger partial charge on any atom is -0.479 e. The molecule has 0 spiro atoms. The fraction of sp³-hybridized carbons (Fsp3) is 0.273. The molecule has 0 bridgehead atoms. The Balaban J connectivity index is 2.46. The summed E-state index contributed by atoms with van der Waals surface area (Å²) in [5.74, 6) is -1.57. The molecule has 0 saturated heterocycles. The first-order valence-electron chi connectivity index (χ1n) is 4.89. The maximum absolute atomic E-state index is 11.4. The van der Waals surface area contributed by atoms with Crippen molar-refractivity contribution in [3.05, 3.63) is 29.3 Å². The molecule has 0 heterocycles. The summed E-state index contributed by atoms with van der Waals surface area (Å²) >= 11 is 5.83. The summed E-state index contributed by atoms with van der Waals surface area (Å²) in [6.45, 7) is 1.02. The van der Waals surface area contributed by atoms with Gasteiger partial charge in [0.2, 0.25) is 5.91 Å². The Hall–Kier alpha value is -1.59. The average Bonchev–Trinajstić information content (AvgIpc) is 2.29. The maximum Gasteiger partial charge on any atom is 0.332 e. The fourth-order valence-electron chi connectivity index (χ4n) is 1.02. The van der Waals surface area contributed by atoms with E-state index in [1.54, 1.807) is 24.3 Å². The van der Waals surface area contributed by atoms with Gasteiger partial charge in [0.1, 0.15) is 6.61 Å². The first kappa shape index (κ1) is 13.5.